The van der Waals surface area contributed by atoms with Gasteiger partial charge in [-0.3, -0.25) is 34.0 Å². The van der Waals surface area contributed by atoms with Gasteiger partial charge in [0.1, 0.15) is 5.78 Å². The van der Waals surface area contributed by atoms with Gasteiger partial charge in [0.2, 0.25) is 0 Å². The van der Waals surface area contributed by atoms with E-state index in [4.69, 9.17) is 0 Å². The van der Waals surface area contributed by atoms with Crippen molar-refractivity contribution in [3.05, 3.63) is 94.8 Å². The second-order valence-electron chi connectivity index (χ2n) is 10.9. The van der Waals surface area contributed by atoms with Gasteiger partial charge in [0.05, 0.1) is 23.6 Å². The first-order valence-electron chi connectivity index (χ1n) is 14.0. The summed E-state index contributed by atoms with van der Waals surface area (Å²) in [7, 11) is 0. The van der Waals surface area contributed by atoms with E-state index in [1.165, 1.54) is 11.3 Å². The number of hydrogen-bond donors (Lipinski definition) is 1. The molecule has 8 nitrogen and oxygen atoms in total. The van der Waals surface area contributed by atoms with Gasteiger partial charge in [-0.1, -0.05) is 36.4 Å². The minimum Gasteiger partial charge on any atom is -0.380 e. The number of likely N-dealkylation sites (tertiary alicyclic amines) is 1. The number of pyridine rings is 1. The van der Waals surface area contributed by atoms with Crippen molar-refractivity contribution < 1.29 is 19.2 Å². The Labute approximate surface area is 233 Å². The topological polar surface area (TPSA) is 99.7 Å². The van der Waals surface area contributed by atoms with Crippen molar-refractivity contribution in [2.75, 3.05) is 18.4 Å². The molecule has 1 unspecified atom stereocenters. The SMILES string of the molecule is O=C1CCC(N2C(=O)c3cccc(NCc4ccc(CN5CCC(c6ccccn6)CC5)cc4)c3C2=O)C(=O)C1. The normalized spacial score (nSPS) is 20.2. The van der Waals surface area contributed by atoms with E-state index in [2.05, 4.69) is 51.6 Å². The number of nitrogens with zero attached hydrogens (tertiary/aromatic N) is 3. The van der Waals surface area contributed by atoms with E-state index in [-0.39, 0.29) is 30.8 Å². The molecule has 1 saturated heterocycles. The number of Topliss-reactive ketones (excluding diaryl/α,β-unsaturated/α-hetero) is 2. The largest absolute Gasteiger partial charge is 0.380 e. The maximum atomic E-state index is 13.3. The zero-order valence-corrected chi connectivity index (χ0v) is 22.3. The van der Waals surface area contributed by atoms with Gasteiger partial charge in [-0.25, -0.2) is 0 Å². The molecule has 8 heteroatoms. The molecule has 2 amide bonds. The van der Waals surface area contributed by atoms with Crippen LogP contribution in [0.4, 0.5) is 5.69 Å². The second-order valence-corrected chi connectivity index (χ2v) is 10.9. The highest BCUT2D eigenvalue weighted by molar-refractivity contribution is 6.25. The van der Waals surface area contributed by atoms with Gasteiger partial charge in [0.25, 0.3) is 11.8 Å². The first kappa shape index (κ1) is 26.1. The van der Waals surface area contributed by atoms with Gasteiger partial charge in [0.15, 0.2) is 5.78 Å². The number of aromatic nitrogens is 1. The Morgan fingerprint density at radius 1 is 0.825 bits per heavy atom. The molecule has 1 atom stereocenters. The fourth-order valence-corrected chi connectivity index (χ4v) is 6.09. The molecule has 2 fully saturated rings. The molecule has 0 bridgehead atoms. The number of anilines is 1. The van der Waals surface area contributed by atoms with Crippen molar-refractivity contribution >= 4 is 29.1 Å². The number of imide groups is 1. The number of ketones is 2. The summed E-state index contributed by atoms with van der Waals surface area (Å²) in [5.74, 6) is -0.913. The smallest absolute Gasteiger partial charge is 0.264 e. The first-order valence-corrected chi connectivity index (χ1v) is 14.0. The molecule has 1 aliphatic carbocycles. The molecule has 2 aromatic carbocycles. The number of amides is 2. The van der Waals surface area contributed by atoms with Crippen LogP contribution < -0.4 is 5.32 Å². The zero-order chi connectivity index (χ0) is 27.6. The van der Waals surface area contributed by atoms with Crippen molar-refractivity contribution in [1.29, 1.82) is 0 Å². The van der Waals surface area contributed by atoms with Crippen LogP contribution in [0.25, 0.3) is 0 Å². The minimum atomic E-state index is -0.869. The lowest BCUT2D eigenvalue weighted by molar-refractivity contribution is -0.132. The fraction of sp³-hybridized carbons (Fsp3) is 0.344. The molecule has 40 heavy (non-hydrogen) atoms. The maximum absolute atomic E-state index is 13.3. The lowest BCUT2D eigenvalue weighted by atomic mass is 9.92. The van der Waals surface area contributed by atoms with Gasteiger partial charge in [-0.15, -0.1) is 0 Å². The summed E-state index contributed by atoms with van der Waals surface area (Å²) in [5.41, 5.74) is 4.67. The number of rotatable bonds is 7. The van der Waals surface area contributed by atoms with Crippen LogP contribution in [0.3, 0.4) is 0 Å². The van der Waals surface area contributed by atoms with E-state index in [0.29, 0.717) is 29.3 Å². The maximum Gasteiger partial charge on any atom is 0.264 e. The second kappa shape index (κ2) is 11.1. The van der Waals surface area contributed by atoms with Crippen LogP contribution in [0.1, 0.15) is 75.6 Å². The first-order chi connectivity index (χ1) is 19.5. The number of piperidine rings is 1. The Hall–Kier alpha value is -4.17. The lowest BCUT2D eigenvalue weighted by Crippen LogP contribution is -2.47. The van der Waals surface area contributed by atoms with E-state index >= 15 is 0 Å². The Balaban J connectivity index is 1.06. The van der Waals surface area contributed by atoms with Crippen molar-refractivity contribution in [3.63, 3.8) is 0 Å². The summed E-state index contributed by atoms with van der Waals surface area (Å²) in [6, 6.07) is 18.9. The third kappa shape index (κ3) is 5.19. The third-order valence-corrected chi connectivity index (χ3v) is 8.30. The van der Waals surface area contributed by atoms with Crippen LogP contribution in [-0.4, -0.2) is 57.3 Å². The molecule has 0 radical (unpaired) electrons. The molecular weight excluding hydrogens is 504 g/mol. The number of fused-ring (bicyclic) bond motifs is 1. The molecule has 1 saturated carbocycles. The summed E-state index contributed by atoms with van der Waals surface area (Å²) in [6.45, 7) is 3.50. The molecule has 3 aromatic rings. The molecule has 3 aliphatic rings. The van der Waals surface area contributed by atoms with Gasteiger partial charge >= 0.3 is 0 Å². The molecule has 1 N–H and O–H groups in total. The Kier molecular flexibility index (Phi) is 7.26. The third-order valence-electron chi connectivity index (χ3n) is 8.30. The van der Waals surface area contributed by atoms with Crippen molar-refractivity contribution in [2.45, 2.75) is 57.2 Å². The number of hydrogen-bond acceptors (Lipinski definition) is 7. The number of nitrogens with one attached hydrogen (secondary N) is 1. The fourth-order valence-electron chi connectivity index (χ4n) is 6.09. The summed E-state index contributed by atoms with van der Waals surface area (Å²) in [4.78, 5) is 58.6. The average molecular weight is 537 g/mol. The highest BCUT2D eigenvalue weighted by atomic mass is 16.2. The Morgan fingerprint density at radius 2 is 1.60 bits per heavy atom. The molecule has 204 valence electrons. The predicted molar refractivity (Wildman–Crippen MR) is 150 cm³/mol. The predicted octanol–water partition coefficient (Wildman–Crippen LogP) is 4.36. The quantitative estimate of drug-likeness (QED) is 0.354. The lowest BCUT2D eigenvalue weighted by Gasteiger charge is -2.31. The van der Waals surface area contributed by atoms with Crippen LogP contribution in [0.5, 0.6) is 0 Å². The number of benzene rings is 2. The van der Waals surface area contributed by atoms with E-state index < -0.39 is 17.9 Å². The standard InChI is InChI=1S/C32H32N4O4/c37-24-11-12-28(29(38)18-24)36-31(39)25-4-3-6-27(30(25)32(36)40)34-19-21-7-9-22(10-8-21)20-35-16-13-23(14-17-35)26-5-1-2-15-33-26/h1-10,15,23,28,34H,11-14,16-20H2. The molecule has 3 heterocycles. The van der Waals surface area contributed by atoms with Gasteiger partial charge in [-0.05, 0) is 67.7 Å². The van der Waals surface area contributed by atoms with Crippen LogP contribution in [0, 0.1) is 0 Å². The van der Waals surface area contributed by atoms with Gasteiger partial charge in [-0.2, -0.15) is 0 Å². The zero-order valence-electron chi connectivity index (χ0n) is 22.3. The Bertz CT molecular complexity index is 1450. The number of carbonyl (C=O) groups excluding carboxylic acids is 4. The van der Waals surface area contributed by atoms with Crippen molar-refractivity contribution in [1.82, 2.24) is 14.8 Å². The van der Waals surface area contributed by atoms with E-state index in [1.807, 2.05) is 12.3 Å². The van der Waals surface area contributed by atoms with Crippen LogP contribution in [0.2, 0.25) is 0 Å². The summed E-state index contributed by atoms with van der Waals surface area (Å²) in [5, 5.41) is 3.32. The van der Waals surface area contributed by atoms with Crippen molar-refractivity contribution in [3.8, 4) is 0 Å². The van der Waals surface area contributed by atoms with Crippen LogP contribution >= 0.6 is 0 Å². The summed E-state index contributed by atoms with van der Waals surface area (Å²) < 4.78 is 0. The highest BCUT2D eigenvalue weighted by Gasteiger charge is 2.45. The average Bonchev–Trinajstić information content (AvgIpc) is 3.23. The minimum absolute atomic E-state index is 0.142. The van der Waals surface area contributed by atoms with Crippen molar-refractivity contribution in [2.24, 2.45) is 0 Å². The molecule has 1 aromatic heterocycles. The number of carbonyl (C=O) groups is 4. The molecular formula is C32H32N4O4. The van der Waals surface area contributed by atoms with Gasteiger partial charge < -0.3 is 5.32 Å². The summed E-state index contributed by atoms with van der Waals surface area (Å²) >= 11 is 0. The molecule has 0 spiro atoms. The monoisotopic (exact) mass is 536 g/mol. The summed E-state index contributed by atoms with van der Waals surface area (Å²) in [6.07, 6.45) is 4.29. The molecule has 6 rings (SSSR count). The van der Waals surface area contributed by atoms with Crippen LogP contribution in [0.15, 0.2) is 66.9 Å². The molecule has 2 aliphatic heterocycles. The van der Waals surface area contributed by atoms with E-state index in [0.717, 1.165) is 42.9 Å². The van der Waals surface area contributed by atoms with Crippen LogP contribution in [-0.2, 0) is 22.7 Å². The Morgan fingerprint density at radius 3 is 2.33 bits per heavy atom. The van der Waals surface area contributed by atoms with E-state index in [9.17, 15) is 19.2 Å². The van der Waals surface area contributed by atoms with E-state index in [1.54, 1.807) is 18.2 Å². The van der Waals surface area contributed by atoms with Gasteiger partial charge in [0, 0.05) is 43.0 Å². The highest BCUT2D eigenvalue weighted by Crippen LogP contribution is 2.33.